The summed E-state index contributed by atoms with van der Waals surface area (Å²) >= 11 is 1.51. The number of carbonyl (C=O) groups is 1. The molecule has 0 aliphatic rings. The first kappa shape index (κ1) is 18.1. The summed E-state index contributed by atoms with van der Waals surface area (Å²) in [5.74, 6) is 0.698. The Morgan fingerprint density at radius 1 is 1.15 bits per heavy atom. The molecule has 3 rings (SSSR count). The summed E-state index contributed by atoms with van der Waals surface area (Å²) in [6, 6.07) is 17.6. The van der Waals surface area contributed by atoms with Gasteiger partial charge in [0.1, 0.15) is 11.4 Å². The predicted molar refractivity (Wildman–Crippen MR) is 104 cm³/mol. The van der Waals surface area contributed by atoms with Crippen molar-refractivity contribution in [1.29, 1.82) is 0 Å². The van der Waals surface area contributed by atoms with Crippen molar-refractivity contribution in [3.8, 4) is 11.4 Å². The lowest BCUT2D eigenvalue weighted by Crippen LogP contribution is -2.27. The van der Waals surface area contributed by atoms with Crippen LogP contribution in [0, 0.1) is 0 Å². The van der Waals surface area contributed by atoms with Gasteiger partial charge in [-0.2, -0.15) is 0 Å². The van der Waals surface area contributed by atoms with Crippen molar-refractivity contribution in [2.45, 2.75) is 11.6 Å². The molecule has 26 heavy (non-hydrogen) atoms. The summed E-state index contributed by atoms with van der Waals surface area (Å²) in [7, 11) is 1.65. The van der Waals surface area contributed by atoms with Crippen LogP contribution in [0.3, 0.4) is 0 Å². The van der Waals surface area contributed by atoms with Gasteiger partial charge in [0.2, 0.25) is 0 Å². The van der Waals surface area contributed by atoms with Crippen molar-refractivity contribution in [2.24, 2.45) is 0 Å². The lowest BCUT2D eigenvalue weighted by molar-refractivity contribution is 0.0946. The molecule has 0 unspecified atom stereocenters. The molecular formula is C20H21N3O2S. The van der Waals surface area contributed by atoms with Gasteiger partial charge in [-0.1, -0.05) is 42.1 Å². The molecule has 134 valence electrons. The Labute approximate surface area is 157 Å². The summed E-state index contributed by atoms with van der Waals surface area (Å²) in [4.78, 5) is 17.0. The van der Waals surface area contributed by atoms with Gasteiger partial charge in [-0.05, 0) is 42.5 Å². The molecule has 0 spiro atoms. The second-order valence-corrected chi connectivity index (χ2v) is 6.43. The first-order valence-corrected chi connectivity index (χ1v) is 9.53. The van der Waals surface area contributed by atoms with Crippen molar-refractivity contribution in [3.63, 3.8) is 0 Å². The van der Waals surface area contributed by atoms with Crippen LogP contribution in [-0.4, -0.2) is 35.4 Å². The molecule has 0 atom stereocenters. The molecule has 0 saturated heterocycles. The van der Waals surface area contributed by atoms with Gasteiger partial charge in [0.05, 0.1) is 13.3 Å². The number of rotatable bonds is 7. The van der Waals surface area contributed by atoms with E-state index in [1.165, 1.54) is 11.8 Å². The number of nitrogens with one attached hydrogen (secondary N) is 1. The van der Waals surface area contributed by atoms with Crippen LogP contribution in [0.2, 0.25) is 0 Å². The number of para-hydroxylation sites is 1. The highest BCUT2D eigenvalue weighted by molar-refractivity contribution is 7.98. The third kappa shape index (κ3) is 4.08. The van der Waals surface area contributed by atoms with E-state index in [0.717, 1.165) is 28.6 Å². The number of carbonyl (C=O) groups excluding carboxylic acids is 1. The minimum absolute atomic E-state index is 0.129. The fourth-order valence-electron chi connectivity index (χ4n) is 2.67. The summed E-state index contributed by atoms with van der Waals surface area (Å²) in [5.41, 5.74) is 2.61. The highest BCUT2D eigenvalue weighted by atomic mass is 32.2. The van der Waals surface area contributed by atoms with E-state index in [1.807, 2.05) is 65.4 Å². The second-order valence-electron chi connectivity index (χ2n) is 5.66. The molecule has 0 saturated carbocycles. The minimum Gasteiger partial charge on any atom is -0.497 e. The summed E-state index contributed by atoms with van der Waals surface area (Å²) in [6.45, 7) is 0.555. The number of amides is 1. The first-order valence-electron chi connectivity index (χ1n) is 8.31. The molecule has 5 nitrogen and oxygen atoms in total. The van der Waals surface area contributed by atoms with E-state index in [4.69, 9.17) is 4.74 Å². The molecule has 0 fully saturated rings. The van der Waals surface area contributed by atoms with E-state index in [2.05, 4.69) is 10.3 Å². The van der Waals surface area contributed by atoms with Gasteiger partial charge in [-0.3, -0.25) is 9.36 Å². The fourth-order valence-corrected chi connectivity index (χ4v) is 3.21. The number of thioether (sulfide) groups is 1. The van der Waals surface area contributed by atoms with Crippen molar-refractivity contribution in [3.05, 3.63) is 72.1 Å². The molecule has 1 N–H and O–H groups in total. The number of hydrogen-bond acceptors (Lipinski definition) is 4. The van der Waals surface area contributed by atoms with E-state index in [-0.39, 0.29) is 5.91 Å². The van der Waals surface area contributed by atoms with E-state index in [9.17, 15) is 4.79 Å². The number of benzene rings is 2. The zero-order chi connectivity index (χ0) is 18.4. The zero-order valence-corrected chi connectivity index (χ0v) is 15.6. The predicted octanol–water partition coefficient (Wildman–Crippen LogP) is 3.58. The smallest absolute Gasteiger partial charge is 0.269 e. The van der Waals surface area contributed by atoms with Crippen LogP contribution in [0.25, 0.3) is 5.69 Å². The number of nitrogens with zero attached hydrogens (tertiary/aromatic N) is 2. The molecule has 0 bridgehead atoms. The molecular weight excluding hydrogens is 346 g/mol. The van der Waals surface area contributed by atoms with Gasteiger partial charge < -0.3 is 10.1 Å². The van der Waals surface area contributed by atoms with Gasteiger partial charge in [0, 0.05) is 12.2 Å². The molecule has 1 amide bonds. The van der Waals surface area contributed by atoms with Gasteiger partial charge in [-0.15, -0.1) is 0 Å². The number of aromatic nitrogens is 2. The lowest BCUT2D eigenvalue weighted by atomic mass is 10.1. The molecule has 0 radical (unpaired) electrons. The van der Waals surface area contributed by atoms with E-state index in [0.29, 0.717) is 12.2 Å². The van der Waals surface area contributed by atoms with Crippen LogP contribution in [0.15, 0.2) is 66.0 Å². The molecule has 1 aromatic heterocycles. The lowest BCUT2D eigenvalue weighted by Gasteiger charge is -2.11. The Hall–Kier alpha value is -2.73. The van der Waals surface area contributed by atoms with E-state index >= 15 is 0 Å². The maximum absolute atomic E-state index is 12.7. The normalized spacial score (nSPS) is 10.5. The van der Waals surface area contributed by atoms with Crippen LogP contribution >= 0.6 is 11.8 Å². The van der Waals surface area contributed by atoms with E-state index in [1.54, 1.807) is 13.3 Å². The van der Waals surface area contributed by atoms with Crippen LogP contribution in [0.1, 0.15) is 16.1 Å². The average Bonchev–Trinajstić information content (AvgIpc) is 3.13. The summed E-state index contributed by atoms with van der Waals surface area (Å²) in [5, 5.41) is 3.77. The highest BCUT2D eigenvalue weighted by Crippen LogP contribution is 2.21. The van der Waals surface area contributed by atoms with Crippen molar-refractivity contribution in [1.82, 2.24) is 14.9 Å². The molecule has 0 aliphatic carbocycles. The monoisotopic (exact) mass is 367 g/mol. The quantitative estimate of drug-likeness (QED) is 0.649. The van der Waals surface area contributed by atoms with E-state index < -0.39 is 0 Å². The molecule has 6 heteroatoms. The Bertz CT molecular complexity index is 861. The summed E-state index contributed by atoms with van der Waals surface area (Å²) in [6.07, 6.45) is 4.33. The van der Waals surface area contributed by atoms with Crippen molar-refractivity contribution >= 4 is 17.7 Å². The van der Waals surface area contributed by atoms with Crippen molar-refractivity contribution < 1.29 is 9.53 Å². The van der Waals surface area contributed by atoms with Crippen LogP contribution in [0.4, 0.5) is 0 Å². The second kappa shape index (κ2) is 8.58. The van der Waals surface area contributed by atoms with Gasteiger partial charge >= 0.3 is 0 Å². The number of methoxy groups -OCH3 is 1. The number of hydrogen-bond donors (Lipinski definition) is 1. The van der Waals surface area contributed by atoms with Gasteiger partial charge in [0.15, 0.2) is 5.16 Å². The van der Waals surface area contributed by atoms with Crippen LogP contribution in [0.5, 0.6) is 5.75 Å². The average molecular weight is 367 g/mol. The first-order chi connectivity index (χ1) is 12.7. The molecule has 0 aliphatic heterocycles. The Balaban J connectivity index is 1.69. The molecule has 1 heterocycles. The maximum atomic E-state index is 12.7. The Kier molecular flexibility index (Phi) is 5.96. The standard InChI is InChI=1S/C20H21N3O2S/c1-25-17-10-8-15(9-11-17)12-13-21-19(24)18-14-22-20(26-2)23(18)16-6-4-3-5-7-16/h3-11,14H,12-13H2,1-2H3,(H,21,24). The van der Waals surface area contributed by atoms with Gasteiger partial charge in [0.25, 0.3) is 5.91 Å². The SMILES string of the molecule is COc1ccc(CCNC(=O)c2cnc(SC)n2-c2ccccc2)cc1. The van der Waals surface area contributed by atoms with Crippen LogP contribution in [-0.2, 0) is 6.42 Å². The zero-order valence-electron chi connectivity index (χ0n) is 14.8. The van der Waals surface area contributed by atoms with Crippen LogP contribution < -0.4 is 10.1 Å². The highest BCUT2D eigenvalue weighted by Gasteiger charge is 2.17. The van der Waals surface area contributed by atoms with Gasteiger partial charge in [-0.25, -0.2) is 4.98 Å². The van der Waals surface area contributed by atoms with Crippen molar-refractivity contribution in [2.75, 3.05) is 19.9 Å². The minimum atomic E-state index is -0.129. The summed E-state index contributed by atoms with van der Waals surface area (Å²) < 4.78 is 7.04. The Morgan fingerprint density at radius 3 is 2.54 bits per heavy atom. The largest absolute Gasteiger partial charge is 0.497 e. The third-order valence-electron chi connectivity index (χ3n) is 4.02. The maximum Gasteiger partial charge on any atom is 0.269 e. The third-order valence-corrected chi connectivity index (χ3v) is 4.67. The topological polar surface area (TPSA) is 56.1 Å². The number of imidazole rings is 1. The molecule has 2 aromatic carbocycles. The fraction of sp³-hybridized carbons (Fsp3) is 0.200. The number of ether oxygens (including phenoxy) is 1. The Morgan fingerprint density at radius 2 is 1.88 bits per heavy atom. The molecule has 3 aromatic rings.